The third-order valence-electron chi connectivity index (χ3n) is 5.99. The van der Waals surface area contributed by atoms with Crippen molar-refractivity contribution in [2.75, 3.05) is 7.11 Å². The molecule has 0 aliphatic carbocycles. The van der Waals surface area contributed by atoms with E-state index in [4.69, 9.17) is 27.9 Å². The predicted molar refractivity (Wildman–Crippen MR) is 141 cm³/mol. The number of nitrogens with one attached hydrogen (secondary N) is 1. The van der Waals surface area contributed by atoms with Crippen LogP contribution in [0.3, 0.4) is 0 Å². The molecule has 36 heavy (non-hydrogen) atoms. The standard InChI is InChI=1S/C26H30Cl2N4O4/c1-15(2)12-19-8-11-21(13-22(19)28)29-24-30-25(34)32(17(4)16(3)23(33)36-5)26(35)31(24)14-18-6-9-20(27)10-7-18/h6-11,13,15-17H,12,14H2,1-5H3,(H,29,30,34)/t16-,17+/m0/s1. The van der Waals surface area contributed by atoms with Crippen molar-refractivity contribution in [3.63, 3.8) is 0 Å². The van der Waals surface area contributed by atoms with E-state index >= 15 is 0 Å². The van der Waals surface area contributed by atoms with Crippen molar-refractivity contribution in [1.82, 2.24) is 14.1 Å². The Balaban J connectivity index is 2.20. The predicted octanol–water partition coefficient (Wildman–Crippen LogP) is 4.49. The molecule has 0 aliphatic rings. The highest BCUT2D eigenvalue weighted by Gasteiger charge is 2.26. The van der Waals surface area contributed by atoms with Crippen molar-refractivity contribution < 1.29 is 9.53 Å². The number of nitrogens with zero attached hydrogens (tertiary/aromatic N) is 3. The maximum absolute atomic E-state index is 13.6. The summed E-state index contributed by atoms with van der Waals surface area (Å²) in [4.78, 5) is 46.0. The summed E-state index contributed by atoms with van der Waals surface area (Å²) < 4.78 is 7.16. The van der Waals surface area contributed by atoms with Gasteiger partial charge in [-0.3, -0.25) is 14.3 Å². The largest absolute Gasteiger partial charge is 0.469 e. The van der Waals surface area contributed by atoms with Crippen molar-refractivity contribution in [2.24, 2.45) is 16.8 Å². The Labute approximate surface area is 219 Å². The van der Waals surface area contributed by atoms with Crippen LogP contribution in [0.4, 0.5) is 5.69 Å². The Hall–Kier alpha value is -3.10. The van der Waals surface area contributed by atoms with Crippen LogP contribution in [0.1, 0.15) is 44.9 Å². The van der Waals surface area contributed by atoms with E-state index < -0.39 is 29.3 Å². The maximum Gasteiger partial charge on any atom is 0.335 e. The number of aromatic nitrogens is 3. The molecule has 0 spiro atoms. The number of rotatable bonds is 8. The number of carbonyl (C=O) groups is 1. The minimum atomic E-state index is -0.760. The van der Waals surface area contributed by atoms with E-state index in [1.54, 1.807) is 50.2 Å². The molecule has 192 valence electrons. The molecule has 3 rings (SSSR count). The zero-order chi connectivity index (χ0) is 26.6. The van der Waals surface area contributed by atoms with Crippen LogP contribution in [-0.2, 0) is 22.5 Å². The molecule has 1 N–H and O–H groups in total. The first kappa shape index (κ1) is 27.5. The Morgan fingerprint density at radius 3 is 2.31 bits per heavy atom. The fourth-order valence-corrected chi connectivity index (χ4v) is 4.21. The number of benzene rings is 2. The number of esters is 1. The van der Waals surface area contributed by atoms with Crippen LogP contribution in [0.5, 0.6) is 0 Å². The first-order valence-electron chi connectivity index (χ1n) is 11.6. The van der Waals surface area contributed by atoms with E-state index in [9.17, 15) is 14.4 Å². The number of H-pyrrole nitrogens is 1. The molecule has 10 heteroatoms. The molecule has 3 aromatic rings. The number of carbonyl (C=O) groups excluding carboxylic acids is 1. The lowest BCUT2D eigenvalue weighted by Crippen LogP contribution is -2.52. The Bertz CT molecular complexity index is 1420. The number of hydrogen-bond acceptors (Lipinski definition) is 5. The van der Waals surface area contributed by atoms with Gasteiger partial charge in [0, 0.05) is 10.0 Å². The number of methoxy groups -OCH3 is 1. The molecule has 0 amide bonds. The highest BCUT2D eigenvalue weighted by molar-refractivity contribution is 6.31. The molecular weight excluding hydrogens is 503 g/mol. The monoisotopic (exact) mass is 532 g/mol. The number of ether oxygens (including phenoxy) is 1. The molecule has 0 unspecified atom stereocenters. The van der Waals surface area contributed by atoms with Crippen molar-refractivity contribution in [2.45, 2.75) is 46.7 Å². The van der Waals surface area contributed by atoms with Crippen LogP contribution in [0.25, 0.3) is 0 Å². The second kappa shape index (κ2) is 11.8. The first-order valence-corrected chi connectivity index (χ1v) is 12.4. The molecule has 0 aliphatic heterocycles. The van der Waals surface area contributed by atoms with Gasteiger partial charge in [-0.05, 0) is 61.6 Å². The molecule has 2 aromatic carbocycles. The summed E-state index contributed by atoms with van der Waals surface area (Å²) in [6.07, 6.45) is 0.818. The fraction of sp³-hybridized carbons (Fsp3) is 0.385. The van der Waals surface area contributed by atoms with Gasteiger partial charge in [-0.15, -0.1) is 0 Å². The van der Waals surface area contributed by atoms with Crippen LogP contribution in [0, 0.1) is 11.8 Å². The summed E-state index contributed by atoms with van der Waals surface area (Å²) in [6.45, 7) is 7.55. The molecule has 8 nitrogen and oxygen atoms in total. The van der Waals surface area contributed by atoms with Gasteiger partial charge in [-0.1, -0.05) is 55.2 Å². The zero-order valence-electron chi connectivity index (χ0n) is 20.9. The number of halogens is 2. The third kappa shape index (κ3) is 6.36. The van der Waals surface area contributed by atoms with Crippen LogP contribution in [-0.4, -0.2) is 27.2 Å². The van der Waals surface area contributed by atoms with E-state index in [0.29, 0.717) is 21.7 Å². The molecular formula is C26H30Cl2N4O4. The van der Waals surface area contributed by atoms with E-state index in [1.807, 2.05) is 6.07 Å². The van der Waals surface area contributed by atoms with Gasteiger partial charge < -0.3 is 4.74 Å². The molecule has 0 saturated carbocycles. The third-order valence-corrected chi connectivity index (χ3v) is 6.59. The second-order valence-corrected chi connectivity index (χ2v) is 10.0. The van der Waals surface area contributed by atoms with Gasteiger partial charge in [0.2, 0.25) is 5.62 Å². The Kier molecular flexibility index (Phi) is 8.98. The van der Waals surface area contributed by atoms with Crippen LogP contribution >= 0.6 is 23.2 Å². The SMILES string of the molecule is COC(=O)[C@@H](C)[C@@H](C)n1c(=O)[nH]/c(=N\c2ccc(CC(C)C)c(Cl)c2)n(Cc2ccc(Cl)cc2)c1=O. The lowest BCUT2D eigenvalue weighted by atomic mass is 10.0. The molecule has 0 fully saturated rings. The van der Waals surface area contributed by atoms with Gasteiger partial charge in [0.05, 0.1) is 31.3 Å². The molecule has 0 radical (unpaired) electrons. The van der Waals surface area contributed by atoms with Crippen LogP contribution in [0.15, 0.2) is 57.0 Å². The Morgan fingerprint density at radius 1 is 1.06 bits per heavy atom. The molecule has 1 aromatic heterocycles. The number of hydrogen-bond donors (Lipinski definition) is 1. The van der Waals surface area contributed by atoms with E-state index in [-0.39, 0.29) is 12.2 Å². The maximum atomic E-state index is 13.6. The zero-order valence-corrected chi connectivity index (χ0v) is 22.4. The lowest BCUT2D eigenvalue weighted by molar-refractivity contribution is -0.146. The van der Waals surface area contributed by atoms with Gasteiger partial charge >= 0.3 is 17.3 Å². The van der Waals surface area contributed by atoms with Gasteiger partial charge in [0.25, 0.3) is 0 Å². The van der Waals surface area contributed by atoms with Gasteiger partial charge in [0.15, 0.2) is 0 Å². The fourth-order valence-electron chi connectivity index (χ4n) is 3.83. The van der Waals surface area contributed by atoms with Crippen molar-refractivity contribution >= 4 is 34.9 Å². The summed E-state index contributed by atoms with van der Waals surface area (Å²) in [5.74, 6) is -0.819. The number of aromatic amines is 1. The van der Waals surface area contributed by atoms with Crippen LogP contribution in [0.2, 0.25) is 10.0 Å². The summed E-state index contributed by atoms with van der Waals surface area (Å²) in [5, 5.41) is 1.12. The quantitative estimate of drug-likeness (QED) is 0.432. The van der Waals surface area contributed by atoms with Gasteiger partial charge in [-0.25, -0.2) is 19.1 Å². The van der Waals surface area contributed by atoms with E-state index in [1.165, 1.54) is 11.7 Å². The summed E-state index contributed by atoms with van der Waals surface area (Å²) in [6, 6.07) is 11.6. The van der Waals surface area contributed by atoms with Crippen LogP contribution < -0.4 is 17.0 Å². The average molecular weight is 533 g/mol. The highest BCUT2D eigenvalue weighted by Crippen LogP contribution is 2.24. The minimum absolute atomic E-state index is 0.0572. The average Bonchev–Trinajstić information content (AvgIpc) is 2.83. The summed E-state index contributed by atoms with van der Waals surface area (Å²) in [7, 11) is 1.26. The smallest absolute Gasteiger partial charge is 0.335 e. The highest BCUT2D eigenvalue weighted by atomic mass is 35.5. The van der Waals surface area contributed by atoms with Crippen molar-refractivity contribution in [3.8, 4) is 0 Å². The molecule has 0 bridgehead atoms. The summed E-state index contributed by atoms with van der Waals surface area (Å²) in [5.41, 5.74) is 1.02. The van der Waals surface area contributed by atoms with Gasteiger partial charge in [0.1, 0.15) is 0 Å². The normalized spacial score (nSPS) is 13.6. The first-order chi connectivity index (χ1) is 17.0. The van der Waals surface area contributed by atoms with Crippen molar-refractivity contribution in [3.05, 3.63) is 90.2 Å². The van der Waals surface area contributed by atoms with Gasteiger partial charge in [-0.2, -0.15) is 0 Å². The topological polar surface area (TPSA) is 98.4 Å². The van der Waals surface area contributed by atoms with Crippen molar-refractivity contribution in [1.29, 1.82) is 0 Å². The molecule has 0 saturated heterocycles. The second-order valence-electron chi connectivity index (χ2n) is 9.16. The summed E-state index contributed by atoms with van der Waals surface area (Å²) >= 11 is 12.5. The molecule has 2 atom stereocenters. The molecule has 1 heterocycles. The minimum Gasteiger partial charge on any atom is -0.469 e. The van der Waals surface area contributed by atoms with E-state index in [2.05, 4.69) is 23.8 Å². The lowest BCUT2D eigenvalue weighted by Gasteiger charge is -2.20. The van der Waals surface area contributed by atoms with E-state index in [0.717, 1.165) is 22.1 Å². The Morgan fingerprint density at radius 2 is 1.72 bits per heavy atom.